The van der Waals surface area contributed by atoms with E-state index in [1.807, 2.05) is 30.3 Å². The lowest BCUT2D eigenvalue weighted by Gasteiger charge is -2.26. The first kappa shape index (κ1) is 12.8. The number of hydrogen-bond acceptors (Lipinski definition) is 3. The van der Waals surface area contributed by atoms with E-state index in [0.29, 0.717) is 13.5 Å². The molecule has 0 spiro atoms. The Bertz CT molecular complexity index is 689. The van der Waals surface area contributed by atoms with Crippen molar-refractivity contribution < 1.29 is 19.1 Å². The van der Waals surface area contributed by atoms with Crippen LogP contribution in [-0.4, -0.2) is 13.5 Å². The molecule has 0 amide bonds. The maximum absolute atomic E-state index is 6.05. The fourth-order valence-corrected chi connectivity index (χ4v) is 2.97. The minimum atomic E-state index is 0.310. The van der Waals surface area contributed by atoms with Crippen LogP contribution in [-0.2, 0) is 13.1 Å². The van der Waals surface area contributed by atoms with Crippen LogP contribution in [0.5, 0.6) is 17.2 Å². The van der Waals surface area contributed by atoms with Gasteiger partial charge in [0.15, 0.2) is 11.5 Å². The minimum Gasteiger partial charge on any atom is -0.454 e. The number of ether oxygens (including phenoxy) is 3. The van der Waals surface area contributed by atoms with Gasteiger partial charge in [0.05, 0.1) is 5.56 Å². The van der Waals surface area contributed by atoms with Gasteiger partial charge >= 0.3 is 0 Å². The van der Waals surface area contributed by atoms with Crippen molar-refractivity contribution in [1.82, 2.24) is 0 Å². The number of nitrogens with one attached hydrogen (secondary N) is 1. The molecule has 0 saturated carbocycles. The predicted molar refractivity (Wildman–Crippen MR) is 77.9 cm³/mol. The summed E-state index contributed by atoms with van der Waals surface area (Å²) in [7, 11) is 0. The lowest BCUT2D eigenvalue weighted by Crippen LogP contribution is -3.10. The number of quaternary nitrogens is 1. The topological polar surface area (TPSA) is 32.1 Å². The van der Waals surface area contributed by atoms with Gasteiger partial charge in [-0.1, -0.05) is 11.6 Å². The molecule has 2 aromatic rings. The molecule has 2 aromatic carbocycles. The van der Waals surface area contributed by atoms with Crippen molar-refractivity contribution >= 4 is 11.6 Å². The van der Waals surface area contributed by atoms with Crippen LogP contribution in [0.3, 0.4) is 0 Å². The van der Waals surface area contributed by atoms with Crippen molar-refractivity contribution in [2.75, 3.05) is 13.5 Å². The Kier molecular flexibility index (Phi) is 3.13. The van der Waals surface area contributed by atoms with Gasteiger partial charge in [0.25, 0.3) is 0 Å². The number of rotatable bonds is 2. The fraction of sp³-hybridized carbons (Fsp3) is 0.250. The van der Waals surface area contributed by atoms with E-state index < -0.39 is 0 Å². The molecule has 2 aliphatic heterocycles. The van der Waals surface area contributed by atoms with E-state index in [4.69, 9.17) is 25.8 Å². The van der Waals surface area contributed by atoms with Crippen molar-refractivity contribution in [2.24, 2.45) is 0 Å². The van der Waals surface area contributed by atoms with Crippen LogP contribution in [0.1, 0.15) is 11.1 Å². The third-order valence-electron chi connectivity index (χ3n) is 3.79. The molecule has 0 aliphatic carbocycles. The van der Waals surface area contributed by atoms with Crippen molar-refractivity contribution in [3.8, 4) is 17.2 Å². The first-order valence-corrected chi connectivity index (χ1v) is 7.29. The summed E-state index contributed by atoms with van der Waals surface area (Å²) in [5, 5.41) is 0.752. The standard InChI is InChI=1S/C16H14ClNO3/c17-13-2-4-14-12(6-13)8-18(9-19-14)7-11-1-3-15-16(5-11)21-10-20-15/h1-6H,7-10H2/p+1. The largest absolute Gasteiger partial charge is 0.454 e. The number of hydrogen-bond donors (Lipinski definition) is 1. The summed E-state index contributed by atoms with van der Waals surface area (Å²) in [6.45, 7) is 2.75. The maximum Gasteiger partial charge on any atom is 0.231 e. The Morgan fingerprint density at radius 1 is 0.952 bits per heavy atom. The van der Waals surface area contributed by atoms with E-state index in [9.17, 15) is 0 Å². The van der Waals surface area contributed by atoms with E-state index in [0.717, 1.165) is 40.9 Å². The molecular weight excluding hydrogens is 290 g/mol. The highest BCUT2D eigenvalue weighted by atomic mass is 35.5. The first-order chi connectivity index (χ1) is 10.3. The molecule has 4 rings (SSSR count). The summed E-state index contributed by atoms with van der Waals surface area (Å²) in [5.41, 5.74) is 2.37. The van der Waals surface area contributed by atoms with Gasteiger partial charge in [0.1, 0.15) is 18.8 Å². The van der Waals surface area contributed by atoms with Crippen molar-refractivity contribution in [3.63, 3.8) is 0 Å². The minimum absolute atomic E-state index is 0.310. The van der Waals surface area contributed by atoms with E-state index in [2.05, 4.69) is 6.07 Å². The highest BCUT2D eigenvalue weighted by molar-refractivity contribution is 6.30. The number of halogens is 1. The molecule has 4 nitrogen and oxygen atoms in total. The van der Waals surface area contributed by atoms with Gasteiger partial charge in [-0.15, -0.1) is 0 Å². The summed E-state index contributed by atoms with van der Waals surface area (Å²) in [5.74, 6) is 2.59. The Balaban J connectivity index is 1.51. The van der Waals surface area contributed by atoms with E-state index in [1.165, 1.54) is 10.5 Å². The van der Waals surface area contributed by atoms with Crippen LogP contribution >= 0.6 is 11.6 Å². The molecule has 0 fully saturated rings. The summed E-state index contributed by atoms with van der Waals surface area (Å²) >= 11 is 6.05. The zero-order valence-electron chi connectivity index (χ0n) is 11.4. The monoisotopic (exact) mass is 304 g/mol. The zero-order valence-corrected chi connectivity index (χ0v) is 12.2. The van der Waals surface area contributed by atoms with Gasteiger partial charge in [0, 0.05) is 10.6 Å². The quantitative estimate of drug-likeness (QED) is 0.921. The lowest BCUT2D eigenvalue weighted by atomic mass is 10.1. The second-order valence-corrected chi connectivity index (χ2v) is 5.77. The van der Waals surface area contributed by atoms with Crippen LogP contribution in [0.4, 0.5) is 0 Å². The highest BCUT2D eigenvalue weighted by Crippen LogP contribution is 2.32. The normalized spacial score (nSPS) is 19.0. The van der Waals surface area contributed by atoms with E-state index in [1.54, 1.807) is 0 Å². The summed E-state index contributed by atoms with van der Waals surface area (Å²) in [4.78, 5) is 1.34. The summed E-state index contributed by atoms with van der Waals surface area (Å²) in [6.07, 6.45) is 0. The smallest absolute Gasteiger partial charge is 0.231 e. The number of benzene rings is 2. The SMILES string of the molecule is Clc1ccc2c(c1)C[NH+](Cc1ccc3c(c1)OCO3)CO2. The molecule has 0 aromatic heterocycles. The zero-order chi connectivity index (χ0) is 14.2. The highest BCUT2D eigenvalue weighted by Gasteiger charge is 2.22. The van der Waals surface area contributed by atoms with Crippen LogP contribution in [0.2, 0.25) is 5.02 Å². The van der Waals surface area contributed by atoms with Gasteiger partial charge in [0.2, 0.25) is 13.5 Å². The van der Waals surface area contributed by atoms with Crippen LogP contribution in [0.15, 0.2) is 36.4 Å². The number of fused-ring (bicyclic) bond motifs is 2. The molecule has 108 valence electrons. The Hall–Kier alpha value is -1.91. The first-order valence-electron chi connectivity index (χ1n) is 6.91. The molecule has 2 aliphatic rings. The molecule has 0 saturated heterocycles. The third kappa shape index (κ3) is 2.52. The maximum atomic E-state index is 6.05. The molecule has 0 radical (unpaired) electrons. The van der Waals surface area contributed by atoms with E-state index in [-0.39, 0.29) is 0 Å². The van der Waals surface area contributed by atoms with Crippen LogP contribution < -0.4 is 19.1 Å². The second kappa shape index (κ2) is 5.13. The average molecular weight is 305 g/mol. The molecule has 1 unspecified atom stereocenters. The van der Waals surface area contributed by atoms with Crippen molar-refractivity contribution in [2.45, 2.75) is 13.1 Å². The molecule has 0 bridgehead atoms. The van der Waals surface area contributed by atoms with Gasteiger partial charge in [-0.05, 0) is 36.4 Å². The predicted octanol–water partition coefficient (Wildman–Crippen LogP) is 2.00. The fourth-order valence-electron chi connectivity index (χ4n) is 2.78. The Morgan fingerprint density at radius 2 is 1.81 bits per heavy atom. The molecule has 1 atom stereocenters. The Labute approximate surface area is 127 Å². The van der Waals surface area contributed by atoms with Gasteiger partial charge in [-0.3, -0.25) is 4.90 Å². The van der Waals surface area contributed by atoms with Gasteiger partial charge in [-0.25, -0.2) is 0 Å². The molecule has 1 N–H and O–H groups in total. The average Bonchev–Trinajstić information content (AvgIpc) is 2.94. The molecular formula is C16H15ClNO3+. The van der Waals surface area contributed by atoms with Gasteiger partial charge in [-0.2, -0.15) is 0 Å². The van der Waals surface area contributed by atoms with Crippen LogP contribution in [0.25, 0.3) is 0 Å². The van der Waals surface area contributed by atoms with Crippen LogP contribution in [0, 0.1) is 0 Å². The Morgan fingerprint density at radius 3 is 2.76 bits per heavy atom. The third-order valence-corrected chi connectivity index (χ3v) is 4.02. The molecule has 2 heterocycles. The molecule has 21 heavy (non-hydrogen) atoms. The summed E-state index contributed by atoms with van der Waals surface area (Å²) < 4.78 is 16.6. The van der Waals surface area contributed by atoms with Crippen molar-refractivity contribution in [1.29, 1.82) is 0 Å². The second-order valence-electron chi connectivity index (χ2n) is 5.33. The van der Waals surface area contributed by atoms with Gasteiger partial charge < -0.3 is 14.2 Å². The lowest BCUT2D eigenvalue weighted by molar-refractivity contribution is -0.945. The molecule has 5 heteroatoms. The van der Waals surface area contributed by atoms with Crippen molar-refractivity contribution in [3.05, 3.63) is 52.5 Å². The van der Waals surface area contributed by atoms with E-state index >= 15 is 0 Å². The summed E-state index contributed by atoms with van der Waals surface area (Å²) in [6, 6.07) is 11.9.